The van der Waals surface area contributed by atoms with Gasteiger partial charge < -0.3 is 30.4 Å². The van der Waals surface area contributed by atoms with Crippen LogP contribution in [0.15, 0.2) is 60.9 Å². The average Bonchev–Trinajstić information content (AvgIpc) is 3.28. The fraction of sp³-hybridized carbons (Fsp3) is 0.273. The van der Waals surface area contributed by atoms with E-state index in [2.05, 4.69) is 25.5 Å². The van der Waals surface area contributed by atoms with Gasteiger partial charge in [-0.2, -0.15) is 0 Å². The molecule has 156 valence electrons. The van der Waals surface area contributed by atoms with Crippen LogP contribution in [0.5, 0.6) is 5.75 Å². The second-order valence-corrected chi connectivity index (χ2v) is 7.06. The first-order valence-corrected chi connectivity index (χ1v) is 9.97. The number of nitrogens with one attached hydrogen (secondary N) is 3. The van der Waals surface area contributed by atoms with E-state index in [0.717, 1.165) is 48.3 Å². The minimum Gasteiger partial charge on any atom is -0.489 e. The van der Waals surface area contributed by atoms with Gasteiger partial charge >= 0.3 is 5.97 Å². The normalized spacial score (nSPS) is 13.8. The van der Waals surface area contributed by atoms with Crippen molar-refractivity contribution in [1.29, 1.82) is 0 Å². The van der Waals surface area contributed by atoms with E-state index in [-0.39, 0.29) is 0 Å². The maximum absolute atomic E-state index is 11.7. The fourth-order valence-corrected chi connectivity index (χ4v) is 3.54. The molecule has 0 amide bonds. The van der Waals surface area contributed by atoms with Gasteiger partial charge in [-0.1, -0.05) is 30.3 Å². The summed E-state index contributed by atoms with van der Waals surface area (Å²) >= 11 is 0. The highest BCUT2D eigenvalue weighted by Gasteiger charge is 2.21. The van der Waals surface area contributed by atoms with Gasteiger partial charge in [0.05, 0.1) is 18.2 Å². The molecule has 1 aliphatic rings. The molecule has 2 heterocycles. The maximum Gasteiger partial charge on any atom is 0.312 e. The number of carbonyl (C=O) groups is 1. The summed E-state index contributed by atoms with van der Waals surface area (Å²) in [5.41, 5.74) is 2.65. The number of nitrogens with zero attached hydrogens (tertiary/aromatic N) is 2. The van der Waals surface area contributed by atoms with E-state index in [1.807, 2.05) is 48.5 Å². The van der Waals surface area contributed by atoms with E-state index < -0.39 is 11.9 Å². The molecular weight excluding hydrogens is 382 g/mol. The lowest BCUT2D eigenvalue weighted by Crippen LogP contribution is -2.36. The predicted molar refractivity (Wildman–Crippen MR) is 117 cm³/mol. The quantitative estimate of drug-likeness (QED) is 0.432. The first-order chi connectivity index (χ1) is 14.7. The lowest BCUT2D eigenvalue weighted by atomic mass is 9.99. The van der Waals surface area contributed by atoms with Crippen LogP contribution < -0.4 is 20.3 Å². The molecule has 3 aromatic rings. The average molecular weight is 407 g/mol. The summed E-state index contributed by atoms with van der Waals surface area (Å²) in [7, 11) is 0. The molecule has 0 bridgehead atoms. The van der Waals surface area contributed by atoms with E-state index in [4.69, 9.17) is 4.74 Å². The second kappa shape index (κ2) is 9.21. The van der Waals surface area contributed by atoms with Crippen molar-refractivity contribution < 1.29 is 14.6 Å². The summed E-state index contributed by atoms with van der Waals surface area (Å²) in [5, 5.41) is 16.1. The Balaban J connectivity index is 1.38. The molecule has 4 rings (SSSR count). The Morgan fingerprint density at radius 3 is 2.87 bits per heavy atom. The molecule has 0 saturated carbocycles. The van der Waals surface area contributed by atoms with Crippen molar-refractivity contribution in [2.45, 2.75) is 5.92 Å². The number of fused-ring (bicyclic) bond motifs is 1. The van der Waals surface area contributed by atoms with Crippen LogP contribution in [-0.4, -0.2) is 53.8 Å². The van der Waals surface area contributed by atoms with Gasteiger partial charge in [-0.25, -0.2) is 4.98 Å². The number of H-pyrrole nitrogens is 1. The number of aromatic amines is 1. The number of aromatic nitrogens is 2. The van der Waals surface area contributed by atoms with Crippen LogP contribution in [0.25, 0.3) is 0 Å². The van der Waals surface area contributed by atoms with Gasteiger partial charge in [0.15, 0.2) is 5.95 Å². The Hall–Kier alpha value is -3.68. The minimum absolute atomic E-state index is 0.301. The highest BCUT2D eigenvalue weighted by molar-refractivity contribution is 5.77. The van der Waals surface area contributed by atoms with Crippen LogP contribution in [0.2, 0.25) is 0 Å². The van der Waals surface area contributed by atoms with Crippen molar-refractivity contribution in [3.63, 3.8) is 0 Å². The molecule has 8 nitrogen and oxygen atoms in total. The molecule has 4 N–H and O–H groups in total. The fourth-order valence-electron chi connectivity index (χ4n) is 3.54. The molecule has 1 atom stereocenters. The number of aliphatic carboxylic acids is 1. The van der Waals surface area contributed by atoms with E-state index in [1.54, 1.807) is 12.4 Å². The molecule has 2 aromatic carbocycles. The molecule has 0 spiro atoms. The summed E-state index contributed by atoms with van der Waals surface area (Å²) in [6.07, 6.45) is 3.50. The molecular formula is C22H25N5O3. The number of imidazole rings is 1. The number of hydrogen-bond acceptors (Lipinski definition) is 6. The van der Waals surface area contributed by atoms with Crippen molar-refractivity contribution in [3.05, 3.63) is 66.5 Å². The lowest BCUT2D eigenvalue weighted by Gasteiger charge is -2.31. The molecule has 1 unspecified atom stereocenters. The lowest BCUT2D eigenvalue weighted by molar-refractivity contribution is -0.138. The smallest absolute Gasteiger partial charge is 0.312 e. The number of rotatable bonds is 9. The number of carboxylic acids is 1. The van der Waals surface area contributed by atoms with Crippen LogP contribution >= 0.6 is 0 Å². The molecule has 0 aliphatic carbocycles. The van der Waals surface area contributed by atoms with Crippen LogP contribution in [-0.2, 0) is 4.79 Å². The van der Waals surface area contributed by atoms with Gasteiger partial charge in [0.25, 0.3) is 0 Å². The highest BCUT2D eigenvalue weighted by atomic mass is 16.5. The van der Waals surface area contributed by atoms with Crippen LogP contribution in [0, 0.1) is 0 Å². The van der Waals surface area contributed by atoms with Crippen molar-refractivity contribution in [2.75, 3.05) is 48.3 Å². The molecule has 30 heavy (non-hydrogen) atoms. The minimum atomic E-state index is -0.849. The van der Waals surface area contributed by atoms with E-state index in [1.165, 1.54) is 0 Å². The van der Waals surface area contributed by atoms with Gasteiger partial charge in [0.1, 0.15) is 12.4 Å². The first kappa shape index (κ1) is 19.6. The number of benzene rings is 2. The van der Waals surface area contributed by atoms with Gasteiger partial charge in [0.2, 0.25) is 0 Å². The zero-order chi connectivity index (χ0) is 20.8. The third kappa shape index (κ3) is 4.65. The summed E-state index contributed by atoms with van der Waals surface area (Å²) in [4.78, 5) is 21.2. The zero-order valence-electron chi connectivity index (χ0n) is 16.5. The van der Waals surface area contributed by atoms with E-state index >= 15 is 0 Å². The standard InChI is InChI=1S/C22H25N5O3/c28-21(29)18(16-4-2-1-3-5-16)15-26-17-6-7-19-20(14-17)30-13-12-27(19)11-10-25-22-23-8-9-24-22/h1-9,14,18,26H,10-13,15H2,(H,28,29)(H2,23,24,25). The summed E-state index contributed by atoms with van der Waals surface area (Å²) < 4.78 is 5.85. The van der Waals surface area contributed by atoms with Gasteiger partial charge in [0, 0.05) is 43.8 Å². The highest BCUT2D eigenvalue weighted by Crippen LogP contribution is 2.34. The Morgan fingerprint density at radius 1 is 1.23 bits per heavy atom. The second-order valence-electron chi connectivity index (χ2n) is 7.06. The third-order valence-corrected chi connectivity index (χ3v) is 5.10. The first-order valence-electron chi connectivity index (χ1n) is 9.97. The van der Waals surface area contributed by atoms with Crippen molar-refractivity contribution in [3.8, 4) is 5.75 Å². The summed E-state index contributed by atoms with van der Waals surface area (Å²) in [6, 6.07) is 15.2. The van der Waals surface area contributed by atoms with Crippen LogP contribution in [0.3, 0.4) is 0 Å². The summed E-state index contributed by atoms with van der Waals surface area (Å²) in [5.74, 6) is 0.0933. The third-order valence-electron chi connectivity index (χ3n) is 5.10. The Kier molecular flexibility index (Phi) is 6.03. The van der Waals surface area contributed by atoms with E-state index in [9.17, 15) is 9.90 Å². The van der Waals surface area contributed by atoms with Crippen molar-refractivity contribution >= 4 is 23.3 Å². The molecule has 0 radical (unpaired) electrons. The zero-order valence-corrected chi connectivity index (χ0v) is 16.5. The Bertz CT molecular complexity index is 962. The molecule has 0 saturated heterocycles. The van der Waals surface area contributed by atoms with Gasteiger partial charge in [-0.05, 0) is 17.7 Å². The molecule has 1 aromatic heterocycles. The van der Waals surface area contributed by atoms with E-state index in [0.29, 0.717) is 13.2 Å². The SMILES string of the molecule is O=C(O)C(CNc1ccc2c(c1)OCCN2CCNc1ncc[nH]1)c1ccccc1. The van der Waals surface area contributed by atoms with Crippen LogP contribution in [0.1, 0.15) is 11.5 Å². The number of carboxylic acid groups (broad SMARTS) is 1. The van der Waals surface area contributed by atoms with Gasteiger partial charge in [-0.15, -0.1) is 0 Å². The predicted octanol–water partition coefficient (Wildman–Crippen LogP) is 3.00. The maximum atomic E-state index is 11.7. The largest absolute Gasteiger partial charge is 0.489 e. The number of hydrogen-bond donors (Lipinski definition) is 4. The Morgan fingerprint density at radius 2 is 2.10 bits per heavy atom. The molecule has 8 heteroatoms. The topological polar surface area (TPSA) is 103 Å². The van der Waals surface area contributed by atoms with Crippen LogP contribution in [0.4, 0.5) is 17.3 Å². The van der Waals surface area contributed by atoms with Crippen molar-refractivity contribution in [1.82, 2.24) is 9.97 Å². The number of anilines is 3. The number of ether oxygens (including phenoxy) is 1. The van der Waals surface area contributed by atoms with Gasteiger partial charge in [-0.3, -0.25) is 4.79 Å². The summed E-state index contributed by atoms with van der Waals surface area (Å²) in [6.45, 7) is 3.30. The van der Waals surface area contributed by atoms with Crippen molar-refractivity contribution in [2.24, 2.45) is 0 Å². The monoisotopic (exact) mass is 407 g/mol. The Labute approximate surface area is 174 Å². The molecule has 0 fully saturated rings. The molecule has 1 aliphatic heterocycles.